The van der Waals surface area contributed by atoms with Crippen molar-refractivity contribution < 1.29 is 19.4 Å². The van der Waals surface area contributed by atoms with E-state index < -0.39 is 12.0 Å². The highest BCUT2D eigenvalue weighted by Crippen LogP contribution is 2.36. The molecule has 0 spiro atoms. The number of methoxy groups -OCH3 is 1. The number of rotatable bonds is 5. The monoisotopic (exact) mass is 429 g/mol. The maximum absolute atomic E-state index is 12.8. The van der Waals surface area contributed by atoms with Gasteiger partial charge in [-0.15, -0.1) is 11.3 Å². The number of nitrogens with one attached hydrogen (secondary N) is 2. The molecule has 1 aromatic heterocycles. The first-order chi connectivity index (χ1) is 14.0. The van der Waals surface area contributed by atoms with Gasteiger partial charge in [-0.1, -0.05) is 23.7 Å². The Labute approximate surface area is 175 Å². The summed E-state index contributed by atoms with van der Waals surface area (Å²) in [5, 5.41) is 16.7. The number of carboxylic acids is 1. The molecular formula is C20H16ClN3O4S. The third-order valence-corrected chi connectivity index (χ3v) is 5.64. The average Bonchev–Trinajstić information content (AvgIpc) is 3.32. The van der Waals surface area contributed by atoms with E-state index in [0.29, 0.717) is 21.9 Å². The molecule has 9 heteroatoms. The number of amides is 1. The van der Waals surface area contributed by atoms with E-state index in [9.17, 15) is 14.7 Å². The van der Waals surface area contributed by atoms with E-state index in [1.54, 1.807) is 66.2 Å². The lowest BCUT2D eigenvalue weighted by molar-refractivity contribution is -0.117. The van der Waals surface area contributed by atoms with Crippen LogP contribution in [-0.2, 0) is 9.53 Å². The average molecular weight is 430 g/mol. The topological polar surface area (TPSA) is 90.9 Å². The van der Waals surface area contributed by atoms with Crippen LogP contribution in [0.4, 0.5) is 5.00 Å². The van der Waals surface area contributed by atoms with Crippen molar-refractivity contribution in [3.05, 3.63) is 76.1 Å². The second kappa shape index (κ2) is 7.75. The Morgan fingerprint density at radius 1 is 1.31 bits per heavy atom. The van der Waals surface area contributed by atoms with Crippen molar-refractivity contribution in [2.75, 3.05) is 12.4 Å². The lowest BCUT2D eigenvalue weighted by atomic mass is 10.0. The Kier molecular flexibility index (Phi) is 5.14. The molecule has 2 aliphatic heterocycles. The first-order valence-electron chi connectivity index (χ1n) is 8.59. The van der Waals surface area contributed by atoms with Crippen LogP contribution in [0, 0.1) is 0 Å². The number of carboxylic acid groups (broad SMARTS) is 1. The zero-order valence-corrected chi connectivity index (χ0v) is 16.8. The Bertz CT molecular complexity index is 1070. The van der Waals surface area contributed by atoms with Gasteiger partial charge in [0, 0.05) is 22.2 Å². The molecule has 2 aromatic rings. The number of hydrogen-bond donors (Lipinski definition) is 3. The third kappa shape index (κ3) is 3.65. The molecule has 148 valence electrons. The first-order valence-corrected chi connectivity index (χ1v) is 9.85. The van der Waals surface area contributed by atoms with Gasteiger partial charge < -0.3 is 15.2 Å². The molecule has 4 rings (SSSR count). The molecule has 1 unspecified atom stereocenters. The summed E-state index contributed by atoms with van der Waals surface area (Å²) >= 11 is 7.08. The summed E-state index contributed by atoms with van der Waals surface area (Å²) in [6, 6.07) is 6.20. The van der Waals surface area contributed by atoms with Crippen molar-refractivity contribution in [2.45, 2.75) is 6.04 Å². The maximum atomic E-state index is 12.8. The number of carbonyl (C=O) groups is 2. The van der Waals surface area contributed by atoms with Gasteiger partial charge in [0.15, 0.2) is 0 Å². The molecule has 0 radical (unpaired) electrons. The summed E-state index contributed by atoms with van der Waals surface area (Å²) in [5.74, 6) is -0.861. The fourth-order valence-electron chi connectivity index (χ4n) is 3.12. The summed E-state index contributed by atoms with van der Waals surface area (Å²) in [6.45, 7) is 0. The maximum Gasteiger partial charge on any atom is 0.339 e. The molecule has 0 saturated heterocycles. The zero-order chi connectivity index (χ0) is 20.5. The zero-order valence-electron chi connectivity index (χ0n) is 15.2. The van der Waals surface area contributed by atoms with Gasteiger partial charge in [0.25, 0.3) is 0 Å². The summed E-state index contributed by atoms with van der Waals surface area (Å²) in [6.07, 6.45) is 7.09. The fraction of sp³-hybridized carbons (Fsp3) is 0.100. The smallest absolute Gasteiger partial charge is 0.339 e. The van der Waals surface area contributed by atoms with Crippen LogP contribution >= 0.6 is 22.9 Å². The number of thiophene rings is 1. The Morgan fingerprint density at radius 3 is 2.76 bits per heavy atom. The number of hydrazine groups is 1. The van der Waals surface area contributed by atoms with E-state index in [2.05, 4.69) is 10.7 Å². The number of ether oxygens (including phenoxy) is 1. The van der Waals surface area contributed by atoms with Crippen LogP contribution in [0.2, 0.25) is 5.02 Å². The number of aromatic carboxylic acids is 1. The van der Waals surface area contributed by atoms with Gasteiger partial charge >= 0.3 is 5.97 Å². The SMILES string of the molecule is COC1=CC=CN2NC(C(=O)Nc3scc(-c4ccc(Cl)cc4)c3C(=O)O)C=C12. The molecule has 0 bridgehead atoms. The summed E-state index contributed by atoms with van der Waals surface area (Å²) < 4.78 is 5.31. The normalized spacial score (nSPS) is 17.4. The quantitative estimate of drug-likeness (QED) is 0.669. The number of carbonyl (C=O) groups excluding carboxylic acids is 1. The Morgan fingerprint density at radius 2 is 2.07 bits per heavy atom. The van der Waals surface area contributed by atoms with E-state index in [1.165, 1.54) is 0 Å². The number of anilines is 1. The molecule has 0 aliphatic carbocycles. The minimum atomic E-state index is -1.12. The van der Waals surface area contributed by atoms with E-state index in [0.717, 1.165) is 17.0 Å². The molecule has 7 nitrogen and oxygen atoms in total. The van der Waals surface area contributed by atoms with Gasteiger partial charge in [0.2, 0.25) is 5.91 Å². The molecule has 3 N–H and O–H groups in total. The van der Waals surface area contributed by atoms with Crippen molar-refractivity contribution >= 4 is 39.8 Å². The van der Waals surface area contributed by atoms with Crippen LogP contribution in [0.25, 0.3) is 11.1 Å². The van der Waals surface area contributed by atoms with Crippen LogP contribution in [0.3, 0.4) is 0 Å². The van der Waals surface area contributed by atoms with E-state index in [1.807, 2.05) is 0 Å². The Balaban J connectivity index is 1.59. The minimum absolute atomic E-state index is 0.0476. The van der Waals surface area contributed by atoms with E-state index >= 15 is 0 Å². The number of hydrogen-bond acceptors (Lipinski definition) is 6. The number of benzene rings is 1. The van der Waals surface area contributed by atoms with Gasteiger partial charge in [0.05, 0.1) is 12.8 Å². The second-order valence-electron chi connectivity index (χ2n) is 6.26. The van der Waals surface area contributed by atoms with Crippen LogP contribution in [0.5, 0.6) is 0 Å². The van der Waals surface area contributed by atoms with Gasteiger partial charge in [-0.3, -0.25) is 9.80 Å². The highest BCUT2D eigenvalue weighted by Gasteiger charge is 2.31. The number of halogens is 1. The number of allylic oxidation sites excluding steroid dienone is 2. The molecular weight excluding hydrogens is 414 g/mol. The molecule has 0 fully saturated rings. The molecule has 3 heterocycles. The largest absolute Gasteiger partial charge is 0.495 e. The molecule has 29 heavy (non-hydrogen) atoms. The summed E-state index contributed by atoms with van der Waals surface area (Å²) in [5.41, 5.74) is 5.04. The van der Waals surface area contributed by atoms with Crippen LogP contribution in [0.15, 0.2) is 65.5 Å². The third-order valence-electron chi connectivity index (χ3n) is 4.50. The highest BCUT2D eigenvalue weighted by atomic mass is 35.5. The first kappa shape index (κ1) is 19.3. The molecule has 1 aromatic carbocycles. The van der Waals surface area contributed by atoms with Crippen molar-refractivity contribution in [1.29, 1.82) is 0 Å². The summed E-state index contributed by atoms with van der Waals surface area (Å²) in [7, 11) is 1.56. The van der Waals surface area contributed by atoms with E-state index in [4.69, 9.17) is 16.3 Å². The number of nitrogens with zero attached hydrogens (tertiary/aromatic N) is 1. The lowest BCUT2D eigenvalue weighted by Crippen LogP contribution is -2.41. The van der Waals surface area contributed by atoms with Crippen molar-refractivity contribution in [3.8, 4) is 11.1 Å². The standard InChI is InChI=1S/C20H16ClN3O4S/c1-28-16-3-2-8-24-15(16)9-14(23-24)18(25)22-19-17(20(26)27)13(10-29-19)11-4-6-12(21)7-5-11/h2-10,14,23H,1H3,(H,22,25)(H,26,27). The predicted molar refractivity (Wildman–Crippen MR) is 111 cm³/mol. The van der Waals surface area contributed by atoms with Gasteiger partial charge in [-0.25, -0.2) is 10.2 Å². The fourth-order valence-corrected chi connectivity index (χ4v) is 4.21. The van der Waals surface area contributed by atoms with Gasteiger partial charge in [-0.05, 0) is 35.9 Å². The van der Waals surface area contributed by atoms with Gasteiger partial charge in [0.1, 0.15) is 22.4 Å². The Hall–Kier alpha value is -3.07. The van der Waals surface area contributed by atoms with Crippen molar-refractivity contribution in [2.24, 2.45) is 0 Å². The molecule has 2 aliphatic rings. The van der Waals surface area contributed by atoms with E-state index in [-0.39, 0.29) is 16.5 Å². The molecule has 1 atom stereocenters. The molecule has 0 saturated carbocycles. The van der Waals surface area contributed by atoms with Crippen LogP contribution in [0.1, 0.15) is 10.4 Å². The summed E-state index contributed by atoms with van der Waals surface area (Å²) in [4.78, 5) is 24.7. The van der Waals surface area contributed by atoms with Gasteiger partial charge in [-0.2, -0.15) is 0 Å². The number of fused-ring (bicyclic) bond motifs is 1. The highest BCUT2D eigenvalue weighted by molar-refractivity contribution is 7.15. The molecule has 1 amide bonds. The van der Waals surface area contributed by atoms with Crippen molar-refractivity contribution in [1.82, 2.24) is 10.4 Å². The second-order valence-corrected chi connectivity index (χ2v) is 7.58. The predicted octanol–water partition coefficient (Wildman–Crippen LogP) is 3.84. The lowest BCUT2D eigenvalue weighted by Gasteiger charge is -2.22. The van der Waals surface area contributed by atoms with Crippen LogP contribution in [-0.4, -0.2) is 35.1 Å². The van der Waals surface area contributed by atoms with Crippen LogP contribution < -0.4 is 10.7 Å². The minimum Gasteiger partial charge on any atom is -0.495 e. The van der Waals surface area contributed by atoms with Crippen molar-refractivity contribution in [3.63, 3.8) is 0 Å².